The van der Waals surface area contributed by atoms with E-state index in [1.165, 1.54) is 77.0 Å². The van der Waals surface area contributed by atoms with Gasteiger partial charge in [0, 0.05) is 12.8 Å². The van der Waals surface area contributed by atoms with Gasteiger partial charge in [-0.25, -0.2) is 0 Å². The van der Waals surface area contributed by atoms with Crippen LogP contribution in [0.3, 0.4) is 0 Å². The molecule has 4 rings (SSSR count). The van der Waals surface area contributed by atoms with Crippen molar-refractivity contribution >= 4 is 5.78 Å². The summed E-state index contributed by atoms with van der Waals surface area (Å²) >= 11 is 0. The summed E-state index contributed by atoms with van der Waals surface area (Å²) in [6.07, 6.45) is 18.8. The first-order chi connectivity index (χ1) is 13.4. The fourth-order valence-electron chi connectivity index (χ4n) is 9.11. The van der Waals surface area contributed by atoms with E-state index in [1.807, 2.05) is 0 Å². The van der Waals surface area contributed by atoms with Crippen LogP contribution in [-0.4, -0.2) is 5.78 Å². The average Bonchev–Trinajstić information content (AvgIpc) is 3.03. The zero-order chi connectivity index (χ0) is 19.9. The molecule has 4 aliphatic carbocycles. The lowest BCUT2D eigenvalue weighted by Crippen LogP contribution is -2.53. The fraction of sp³-hybridized carbons (Fsp3) is 0.963. The predicted molar refractivity (Wildman–Crippen MR) is 118 cm³/mol. The third-order valence-corrected chi connectivity index (χ3v) is 10.8. The first-order valence-electron chi connectivity index (χ1n) is 12.9. The van der Waals surface area contributed by atoms with Crippen molar-refractivity contribution < 1.29 is 4.79 Å². The zero-order valence-corrected chi connectivity index (χ0v) is 19.3. The Morgan fingerprint density at radius 1 is 0.929 bits per heavy atom. The van der Waals surface area contributed by atoms with Crippen molar-refractivity contribution in [2.45, 2.75) is 118 Å². The summed E-state index contributed by atoms with van der Waals surface area (Å²) in [5, 5.41) is 0. The normalized spacial score (nSPS) is 46.6. The first-order valence-corrected chi connectivity index (χ1v) is 12.9. The van der Waals surface area contributed by atoms with Gasteiger partial charge in [-0.2, -0.15) is 0 Å². The van der Waals surface area contributed by atoms with Crippen LogP contribution in [0, 0.1) is 46.3 Å². The van der Waals surface area contributed by atoms with Crippen LogP contribution in [0.1, 0.15) is 118 Å². The van der Waals surface area contributed by atoms with Crippen LogP contribution in [0.2, 0.25) is 0 Å². The Kier molecular flexibility index (Phi) is 6.03. The van der Waals surface area contributed by atoms with Gasteiger partial charge in [-0.05, 0) is 91.3 Å². The van der Waals surface area contributed by atoms with E-state index in [4.69, 9.17) is 0 Å². The van der Waals surface area contributed by atoms with E-state index in [0.29, 0.717) is 22.5 Å². The largest absolute Gasteiger partial charge is 0.300 e. The fourth-order valence-corrected chi connectivity index (χ4v) is 9.11. The van der Waals surface area contributed by atoms with Gasteiger partial charge < -0.3 is 0 Å². The summed E-state index contributed by atoms with van der Waals surface area (Å²) in [5.74, 6) is 6.00. The van der Waals surface area contributed by atoms with Crippen molar-refractivity contribution in [1.29, 1.82) is 0 Å². The van der Waals surface area contributed by atoms with Crippen molar-refractivity contribution in [2.24, 2.45) is 46.3 Å². The Morgan fingerprint density at radius 2 is 1.71 bits per heavy atom. The highest BCUT2D eigenvalue weighted by molar-refractivity contribution is 5.79. The van der Waals surface area contributed by atoms with Crippen LogP contribution in [0.5, 0.6) is 0 Å². The van der Waals surface area contributed by atoms with E-state index < -0.39 is 0 Å². The zero-order valence-electron chi connectivity index (χ0n) is 19.3. The minimum absolute atomic E-state index is 0.474. The topological polar surface area (TPSA) is 17.1 Å². The minimum Gasteiger partial charge on any atom is -0.300 e. The van der Waals surface area contributed by atoms with Crippen LogP contribution in [-0.2, 0) is 4.79 Å². The monoisotopic (exact) mass is 386 g/mol. The molecule has 0 aliphatic heterocycles. The molecule has 4 fully saturated rings. The van der Waals surface area contributed by atoms with Gasteiger partial charge in [0.15, 0.2) is 0 Å². The third kappa shape index (κ3) is 3.41. The molecule has 0 unspecified atom stereocenters. The summed E-state index contributed by atoms with van der Waals surface area (Å²) in [7, 11) is 0. The number of unbranched alkanes of at least 4 members (excludes halogenated alkanes) is 3. The number of hydrogen-bond acceptors (Lipinski definition) is 1. The molecule has 8 atom stereocenters. The summed E-state index contributed by atoms with van der Waals surface area (Å²) in [6.45, 7) is 10.2. The summed E-state index contributed by atoms with van der Waals surface area (Å²) in [6, 6.07) is 0. The molecular formula is C27H46O. The van der Waals surface area contributed by atoms with Gasteiger partial charge in [0.05, 0.1) is 0 Å². The second-order valence-corrected chi connectivity index (χ2v) is 12.0. The van der Waals surface area contributed by atoms with Gasteiger partial charge in [0.2, 0.25) is 0 Å². The highest BCUT2D eigenvalue weighted by atomic mass is 16.1. The SMILES string of the molecule is CCCCCC[C@@H](C)[C@H]1CC[C@H]2[C@@H]3CC[C@H]4CC(=O)CC[C@]4(C)[C@H]3CC[C@]12C. The van der Waals surface area contributed by atoms with Gasteiger partial charge in [-0.3, -0.25) is 4.79 Å². The van der Waals surface area contributed by atoms with Crippen LogP contribution >= 0.6 is 0 Å². The van der Waals surface area contributed by atoms with E-state index in [-0.39, 0.29) is 0 Å². The van der Waals surface area contributed by atoms with Crippen molar-refractivity contribution in [3.05, 3.63) is 0 Å². The Labute approximate surface area is 174 Å². The maximum atomic E-state index is 12.1. The van der Waals surface area contributed by atoms with Crippen LogP contribution < -0.4 is 0 Å². The van der Waals surface area contributed by atoms with Crippen LogP contribution in [0.4, 0.5) is 0 Å². The molecule has 4 saturated carbocycles. The van der Waals surface area contributed by atoms with Gasteiger partial charge in [0.1, 0.15) is 5.78 Å². The Bertz CT molecular complexity index is 567. The number of fused-ring (bicyclic) bond motifs is 5. The number of hydrogen-bond donors (Lipinski definition) is 0. The molecule has 28 heavy (non-hydrogen) atoms. The van der Waals surface area contributed by atoms with Gasteiger partial charge in [-0.15, -0.1) is 0 Å². The van der Waals surface area contributed by atoms with E-state index in [2.05, 4.69) is 27.7 Å². The first kappa shape index (κ1) is 20.9. The lowest BCUT2D eigenvalue weighted by molar-refractivity contribution is -0.140. The summed E-state index contributed by atoms with van der Waals surface area (Å²) < 4.78 is 0. The maximum absolute atomic E-state index is 12.1. The molecule has 0 aromatic rings. The van der Waals surface area contributed by atoms with Crippen molar-refractivity contribution in [3.8, 4) is 0 Å². The number of rotatable bonds is 6. The molecular weight excluding hydrogens is 340 g/mol. The molecule has 0 spiro atoms. The van der Waals surface area contributed by atoms with Crippen molar-refractivity contribution in [3.63, 3.8) is 0 Å². The number of Topliss-reactive ketones (excluding diaryl/α,β-unsaturated/α-hetero) is 1. The lowest BCUT2D eigenvalue weighted by Gasteiger charge is -2.60. The second-order valence-electron chi connectivity index (χ2n) is 12.0. The molecule has 0 saturated heterocycles. The van der Waals surface area contributed by atoms with Crippen LogP contribution in [0.25, 0.3) is 0 Å². The average molecular weight is 387 g/mol. The highest BCUT2D eigenvalue weighted by Gasteiger charge is 2.60. The highest BCUT2D eigenvalue weighted by Crippen LogP contribution is 2.68. The summed E-state index contributed by atoms with van der Waals surface area (Å²) in [5.41, 5.74) is 1.08. The molecule has 0 heterocycles. The quantitative estimate of drug-likeness (QED) is 0.425. The number of carbonyl (C=O) groups is 1. The Hall–Kier alpha value is -0.330. The van der Waals surface area contributed by atoms with E-state index >= 15 is 0 Å². The number of carbonyl (C=O) groups excluding carboxylic acids is 1. The van der Waals surface area contributed by atoms with Crippen molar-refractivity contribution in [1.82, 2.24) is 0 Å². The van der Waals surface area contributed by atoms with Gasteiger partial charge in [0.25, 0.3) is 0 Å². The minimum atomic E-state index is 0.474. The standard InChI is InChI=1S/C27H46O/c1-5-6-7-8-9-19(2)23-12-13-24-22-11-10-20-18-21(28)14-16-26(20,3)25(22)15-17-27(23,24)4/h19-20,22-25H,5-18H2,1-4H3/t19-,20+,22+,23-,24+,25+,26+,27-/m1/s1. The molecule has 0 radical (unpaired) electrons. The third-order valence-electron chi connectivity index (χ3n) is 10.8. The molecule has 4 aliphatic rings. The Morgan fingerprint density at radius 3 is 2.50 bits per heavy atom. The smallest absolute Gasteiger partial charge is 0.133 e. The molecule has 0 N–H and O–H groups in total. The van der Waals surface area contributed by atoms with E-state index in [0.717, 1.165) is 42.4 Å². The van der Waals surface area contributed by atoms with E-state index in [1.54, 1.807) is 0 Å². The molecule has 0 amide bonds. The molecule has 0 bridgehead atoms. The molecule has 0 aromatic heterocycles. The lowest BCUT2D eigenvalue weighted by atomic mass is 9.44. The summed E-state index contributed by atoms with van der Waals surface area (Å²) in [4.78, 5) is 12.1. The van der Waals surface area contributed by atoms with Crippen molar-refractivity contribution in [2.75, 3.05) is 0 Å². The van der Waals surface area contributed by atoms with Crippen LogP contribution in [0.15, 0.2) is 0 Å². The van der Waals surface area contributed by atoms with E-state index in [9.17, 15) is 4.79 Å². The molecule has 1 nitrogen and oxygen atoms in total. The predicted octanol–water partition coefficient (Wildman–Crippen LogP) is 7.82. The molecule has 0 aromatic carbocycles. The van der Waals surface area contributed by atoms with Gasteiger partial charge >= 0.3 is 0 Å². The second kappa shape index (κ2) is 8.07. The maximum Gasteiger partial charge on any atom is 0.133 e. The van der Waals surface area contributed by atoms with Gasteiger partial charge in [-0.1, -0.05) is 59.8 Å². The molecule has 1 heteroatoms. The molecule has 160 valence electrons. The Balaban J connectivity index is 1.45. The number of ketones is 1.